The molecule has 1 aliphatic heterocycles. The van der Waals surface area contributed by atoms with Crippen molar-refractivity contribution in [3.8, 4) is 0 Å². The van der Waals surface area contributed by atoms with Crippen molar-refractivity contribution in [2.45, 2.75) is 25.5 Å². The molecule has 1 aromatic carbocycles. The number of nitrogens with one attached hydrogen (secondary N) is 1. The van der Waals surface area contributed by atoms with Gasteiger partial charge >= 0.3 is 6.09 Å². The molecule has 23 heavy (non-hydrogen) atoms. The number of hydrogen-bond acceptors (Lipinski definition) is 5. The first kappa shape index (κ1) is 17.3. The second-order valence-electron chi connectivity index (χ2n) is 5.84. The van der Waals surface area contributed by atoms with Gasteiger partial charge in [-0.1, -0.05) is 18.2 Å². The molecule has 6 heteroatoms. The number of rotatable bonds is 6. The van der Waals surface area contributed by atoms with Gasteiger partial charge in [-0.3, -0.25) is 10.7 Å². The topological polar surface area (TPSA) is 65.0 Å². The van der Waals surface area contributed by atoms with E-state index in [0.717, 1.165) is 31.5 Å². The van der Waals surface area contributed by atoms with Gasteiger partial charge in [-0.15, -0.1) is 6.58 Å². The van der Waals surface area contributed by atoms with Gasteiger partial charge in [0.05, 0.1) is 5.69 Å². The predicted molar refractivity (Wildman–Crippen MR) is 89.5 cm³/mol. The summed E-state index contributed by atoms with van der Waals surface area (Å²) in [5.41, 5.74) is 3.54. The van der Waals surface area contributed by atoms with Gasteiger partial charge in [0, 0.05) is 12.6 Å². The number of carbonyl (C=O) groups excluding carboxylic acids is 1. The summed E-state index contributed by atoms with van der Waals surface area (Å²) in [5, 5.41) is 8.79. The van der Waals surface area contributed by atoms with Crippen LogP contribution in [0.1, 0.15) is 18.4 Å². The Balaban J connectivity index is 1.90. The molecule has 1 saturated heterocycles. The van der Waals surface area contributed by atoms with Crippen LogP contribution >= 0.6 is 0 Å². The van der Waals surface area contributed by atoms with E-state index < -0.39 is 0 Å². The van der Waals surface area contributed by atoms with E-state index in [4.69, 9.17) is 9.94 Å². The smallest absolute Gasteiger partial charge is 0.410 e. The first-order valence-electron chi connectivity index (χ1n) is 7.86. The third-order valence-corrected chi connectivity index (χ3v) is 4.13. The molecule has 2 N–H and O–H groups in total. The molecule has 0 aliphatic carbocycles. The summed E-state index contributed by atoms with van der Waals surface area (Å²) in [6.45, 7) is 6.43. The normalized spacial score (nSPS) is 15.9. The Morgan fingerprint density at radius 2 is 2.09 bits per heavy atom. The van der Waals surface area contributed by atoms with E-state index in [1.165, 1.54) is 0 Å². The van der Waals surface area contributed by atoms with Crippen LogP contribution < -0.4 is 5.48 Å². The summed E-state index contributed by atoms with van der Waals surface area (Å²) in [4.78, 5) is 16.4. The van der Waals surface area contributed by atoms with Gasteiger partial charge in [0.2, 0.25) is 0 Å². The van der Waals surface area contributed by atoms with Crippen LogP contribution in [0.15, 0.2) is 36.9 Å². The number of nitrogens with zero attached hydrogens (tertiary/aromatic N) is 2. The molecule has 126 valence electrons. The third kappa shape index (κ3) is 4.97. The van der Waals surface area contributed by atoms with Crippen LogP contribution in [0.3, 0.4) is 0 Å². The van der Waals surface area contributed by atoms with Crippen molar-refractivity contribution >= 4 is 11.8 Å². The molecule has 0 saturated carbocycles. The van der Waals surface area contributed by atoms with Gasteiger partial charge in [-0.05, 0) is 50.7 Å². The summed E-state index contributed by atoms with van der Waals surface area (Å²) in [6, 6.07) is 7.26. The van der Waals surface area contributed by atoms with Crippen molar-refractivity contribution in [2.75, 3.05) is 32.2 Å². The maximum atomic E-state index is 12.4. The fourth-order valence-corrected chi connectivity index (χ4v) is 2.72. The third-order valence-electron chi connectivity index (χ3n) is 4.13. The standard InChI is InChI=1S/C17H25N3O3/c1-3-10-20(16-8-11-19(2)12-9-16)17(21)23-13-14-4-6-15(18-22)7-5-14/h3-7,16,18,22H,1,8-13H2,2H3. The van der Waals surface area contributed by atoms with Gasteiger partial charge in [0.1, 0.15) is 6.61 Å². The molecule has 0 spiro atoms. The molecule has 2 rings (SSSR count). The Hall–Kier alpha value is -2.05. The number of ether oxygens (including phenoxy) is 1. The number of anilines is 1. The lowest BCUT2D eigenvalue weighted by molar-refractivity contribution is 0.0693. The average Bonchev–Trinajstić information content (AvgIpc) is 2.59. The van der Waals surface area contributed by atoms with Gasteiger partial charge in [0.25, 0.3) is 0 Å². The summed E-state index contributed by atoms with van der Waals surface area (Å²) in [6.07, 6.45) is 3.34. The van der Waals surface area contributed by atoms with Crippen molar-refractivity contribution in [3.05, 3.63) is 42.5 Å². The lowest BCUT2D eigenvalue weighted by Crippen LogP contribution is -2.46. The Labute approximate surface area is 137 Å². The van der Waals surface area contributed by atoms with E-state index in [2.05, 4.69) is 24.0 Å². The van der Waals surface area contributed by atoms with Gasteiger partial charge in [0.15, 0.2) is 0 Å². The van der Waals surface area contributed by atoms with Crippen molar-refractivity contribution < 1.29 is 14.7 Å². The minimum Gasteiger partial charge on any atom is -0.445 e. The fourth-order valence-electron chi connectivity index (χ4n) is 2.72. The Bertz CT molecular complexity index is 510. The van der Waals surface area contributed by atoms with Crippen LogP contribution in [0.25, 0.3) is 0 Å². The SMILES string of the molecule is C=CCN(C(=O)OCc1ccc(NO)cc1)C1CCN(C)CC1. The number of piperidine rings is 1. The second-order valence-corrected chi connectivity index (χ2v) is 5.84. The summed E-state index contributed by atoms with van der Waals surface area (Å²) in [5.74, 6) is 0. The van der Waals surface area contributed by atoms with Crippen molar-refractivity contribution in [3.63, 3.8) is 0 Å². The van der Waals surface area contributed by atoms with Crippen LogP contribution in [-0.4, -0.2) is 53.8 Å². The zero-order valence-corrected chi connectivity index (χ0v) is 13.6. The van der Waals surface area contributed by atoms with E-state index in [1.54, 1.807) is 35.2 Å². The lowest BCUT2D eigenvalue weighted by Gasteiger charge is -2.36. The van der Waals surface area contributed by atoms with Crippen LogP contribution in [0.2, 0.25) is 0 Å². The monoisotopic (exact) mass is 319 g/mol. The maximum absolute atomic E-state index is 12.4. The molecule has 0 aromatic heterocycles. The summed E-state index contributed by atoms with van der Waals surface area (Å²) < 4.78 is 5.44. The quantitative estimate of drug-likeness (QED) is 0.623. The van der Waals surface area contributed by atoms with Gasteiger partial charge < -0.3 is 14.5 Å². The Kier molecular flexibility index (Phi) is 6.43. The molecule has 1 aromatic rings. The number of carbonyl (C=O) groups is 1. The van der Waals surface area contributed by atoms with E-state index in [9.17, 15) is 4.79 Å². The zero-order valence-electron chi connectivity index (χ0n) is 13.6. The first-order valence-corrected chi connectivity index (χ1v) is 7.86. The minimum atomic E-state index is -0.302. The van der Waals surface area contributed by atoms with Crippen LogP contribution in [0.4, 0.5) is 10.5 Å². The van der Waals surface area contributed by atoms with Crippen molar-refractivity contribution in [1.29, 1.82) is 0 Å². The molecule has 0 radical (unpaired) electrons. The summed E-state index contributed by atoms with van der Waals surface area (Å²) >= 11 is 0. The van der Waals surface area contributed by atoms with Crippen LogP contribution in [0.5, 0.6) is 0 Å². The summed E-state index contributed by atoms with van der Waals surface area (Å²) in [7, 11) is 2.09. The zero-order chi connectivity index (χ0) is 16.7. The lowest BCUT2D eigenvalue weighted by atomic mass is 10.0. The Morgan fingerprint density at radius 1 is 1.43 bits per heavy atom. The first-order chi connectivity index (χ1) is 11.1. The van der Waals surface area contributed by atoms with Crippen LogP contribution in [0, 0.1) is 0 Å². The maximum Gasteiger partial charge on any atom is 0.410 e. The van der Waals surface area contributed by atoms with Gasteiger partial charge in [-0.2, -0.15) is 0 Å². The highest BCUT2D eigenvalue weighted by Gasteiger charge is 2.27. The van der Waals surface area contributed by atoms with E-state index >= 15 is 0 Å². The Morgan fingerprint density at radius 3 is 2.65 bits per heavy atom. The molecular weight excluding hydrogens is 294 g/mol. The highest BCUT2D eigenvalue weighted by Crippen LogP contribution is 2.17. The van der Waals surface area contributed by atoms with Crippen molar-refractivity contribution in [2.24, 2.45) is 0 Å². The molecule has 0 unspecified atom stereocenters. The molecule has 0 atom stereocenters. The minimum absolute atomic E-state index is 0.206. The molecule has 1 aliphatic rings. The number of hydrogen-bond donors (Lipinski definition) is 2. The number of benzene rings is 1. The van der Waals surface area contributed by atoms with E-state index in [0.29, 0.717) is 12.2 Å². The van der Waals surface area contributed by atoms with Gasteiger partial charge in [-0.25, -0.2) is 4.79 Å². The van der Waals surface area contributed by atoms with Crippen molar-refractivity contribution in [1.82, 2.24) is 9.80 Å². The van der Waals surface area contributed by atoms with E-state index in [1.807, 2.05) is 0 Å². The number of likely N-dealkylation sites (tertiary alicyclic amines) is 1. The average molecular weight is 319 g/mol. The molecule has 1 heterocycles. The number of amides is 1. The second kappa shape index (κ2) is 8.55. The van der Waals surface area contributed by atoms with E-state index in [-0.39, 0.29) is 18.7 Å². The predicted octanol–water partition coefficient (Wildman–Crippen LogP) is 2.71. The largest absolute Gasteiger partial charge is 0.445 e. The highest BCUT2D eigenvalue weighted by atomic mass is 16.6. The molecule has 1 amide bonds. The van der Waals surface area contributed by atoms with Crippen LogP contribution in [-0.2, 0) is 11.3 Å². The molecule has 0 bridgehead atoms. The fraction of sp³-hybridized carbons (Fsp3) is 0.471. The molecule has 6 nitrogen and oxygen atoms in total. The molecule has 1 fully saturated rings. The highest BCUT2D eigenvalue weighted by molar-refractivity contribution is 5.68. The molecular formula is C17H25N3O3.